The molecule has 5 nitrogen and oxygen atoms in total. The lowest BCUT2D eigenvalue weighted by atomic mass is 10.3. The van der Waals surface area contributed by atoms with Gasteiger partial charge in [-0.1, -0.05) is 0 Å². The van der Waals surface area contributed by atoms with Crippen molar-refractivity contribution in [1.29, 1.82) is 0 Å². The largest absolute Gasteiger partial charge is 0.480 e. The third kappa shape index (κ3) is 3.39. The molecule has 0 bridgehead atoms. The number of nitrogens with zero attached hydrogens (tertiary/aromatic N) is 2. The molecule has 0 unspecified atom stereocenters. The predicted molar refractivity (Wildman–Crippen MR) is 97.0 cm³/mol. The quantitative estimate of drug-likeness (QED) is 0.550. The fourth-order valence-electron chi connectivity index (χ4n) is 2.06. The van der Waals surface area contributed by atoms with E-state index in [-0.39, 0.29) is 0 Å². The van der Waals surface area contributed by atoms with Crippen LogP contribution in [0.3, 0.4) is 0 Å². The molecule has 1 aromatic carbocycles. The van der Waals surface area contributed by atoms with Gasteiger partial charge in [-0.15, -0.1) is 23.1 Å². The summed E-state index contributed by atoms with van der Waals surface area (Å²) in [6.07, 6.45) is 1.01. The van der Waals surface area contributed by atoms with Gasteiger partial charge in [0.15, 0.2) is 6.04 Å². The number of fused-ring (bicyclic) bond motifs is 1. The number of hydrogen-bond acceptors (Lipinski definition) is 7. The summed E-state index contributed by atoms with van der Waals surface area (Å²) in [5.74, 6) is 0.470. The first-order valence-electron chi connectivity index (χ1n) is 6.86. The number of aliphatic imine (C=N–C) groups is 1. The molecule has 1 aromatic heterocycles. The van der Waals surface area contributed by atoms with Crippen molar-refractivity contribution in [3.8, 4) is 0 Å². The van der Waals surface area contributed by atoms with E-state index in [1.165, 1.54) is 11.8 Å². The van der Waals surface area contributed by atoms with E-state index >= 15 is 0 Å². The van der Waals surface area contributed by atoms with Crippen LogP contribution in [-0.4, -0.2) is 45.2 Å². The number of thioether (sulfide) groups is 1. The molecule has 2 heterocycles. The van der Waals surface area contributed by atoms with Crippen LogP contribution in [0.25, 0.3) is 10.2 Å². The molecule has 1 aliphatic heterocycles. The van der Waals surface area contributed by atoms with Gasteiger partial charge in [0.25, 0.3) is 0 Å². The van der Waals surface area contributed by atoms with Crippen LogP contribution in [-0.2, 0) is 4.79 Å². The average Bonchev–Trinajstić information content (AvgIpc) is 3.13. The molecular formula is C14H15N3O2S3. The molecule has 0 amide bonds. The molecule has 0 radical (unpaired) electrons. The van der Waals surface area contributed by atoms with Crippen molar-refractivity contribution in [2.75, 3.05) is 23.4 Å². The van der Waals surface area contributed by atoms with Gasteiger partial charge in [0.1, 0.15) is 10.1 Å². The lowest BCUT2D eigenvalue weighted by molar-refractivity contribution is -0.137. The molecule has 0 spiro atoms. The fourth-order valence-corrected chi connectivity index (χ4v) is 4.32. The molecular weight excluding hydrogens is 338 g/mol. The first kappa shape index (κ1) is 15.6. The van der Waals surface area contributed by atoms with Gasteiger partial charge in [-0.25, -0.2) is 9.78 Å². The molecule has 0 saturated heterocycles. The van der Waals surface area contributed by atoms with Crippen molar-refractivity contribution >= 4 is 62.6 Å². The number of hydrogen-bond donors (Lipinski definition) is 3. The number of aliphatic carboxylic acids is 1. The molecule has 22 heavy (non-hydrogen) atoms. The van der Waals surface area contributed by atoms with E-state index in [1.807, 2.05) is 12.1 Å². The molecule has 116 valence electrons. The van der Waals surface area contributed by atoms with E-state index in [1.54, 1.807) is 11.3 Å². The maximum absolute atomic E-state index is 11.0. The lowest BCUT2D eigenvalue weighted by Gasteiger charge is -2.04. The summed E-state index contributed by atoms with van der Waals surface area (Å²) in [6, 6.07) is 5.41. The van der Waals surface area contributed by atoms with Crippen LogP contribution >= 0.6 is 35.7 Å². The number of benzene rings is 1. The Bertz CT molecular complexity index is 729. The van der Waals surface area contributed by atoms with Crippen LogP contribution in [0.5, 0.6) is 0 Å². The van der Waals surface area contributed by atoms with Crippen molar-refractivity contribution in [3.63, 3.8) is 0 Å². The fraction of sp³-hybridized carbons (Fsp3) is 0.357. The Labute approximate surface area is 141 Å². The van der Waals surface area contributed by atoms with E-state index in [9.17, 15) is 4.79 Å². The van der Waals surface area contributed by atoms with E-state index in [4.69, 9.17) is 5.11 Å². The molecule has 1 atom stereocenters. The highest BCUT2D eigenvalue weighted by atomic mass is 32.2. The summed E-state index contributed by atoms with van der Waals surface area (Å²) in [6.45, 7) is 0.892. The second-order valence-corrected chi connectivity index (χ2v) is 7.29. The number of carboxylic acids is 1. The highest BCUT2D eigenvalue weighted by Gasteiger charge is 2.26. The highest BCUT2D eigenvalue weighted by Crippen LogP contribution is 2.31. The number of thiol groups is 1. The number of aromatic nitrogens is 1. The van der Waals surface area contributed by atoms with Gasteiger partial charge < -0.3 is 10.4 Å². The molecule has 1 aliphatic rings. The van der Waals surface area contributed by atoms with Gasteiger partial charge >= 0.3 is 5.97 Å². The van der Waals surface area contributed by atoms with Crippen molar-refractivity contribution < 1.29 is 9.90 Å². The SMILES string of the molecule is O=C(O)[C@H]1CSC(c2nc3ccc(NCCCS)cc3s2)=N1. The zero-order valence-corrected chi connectivity index (χ0v) is 14.2. The van der Waals surface area contributed by atoms with Crippen molar-refractivity contribution in [2.45, 2.75) is 12.5 Å². The van der Waals surface area contributed by atoms with E-state index < -0.39 is 12.0 Å². The maximum Gasteiger partial charge on any atom is 0.329 e. The summed E-state index contributed by atoms with van der Waals surface area (Å²) in [4.78, 5) is 19.8. The average molecular weight is 353 g/mol. The third-order valence-corrected chi connectivity index (χ3v) is 5.70. The standard InChI is InChI=1S/C14H15N3O2S3/c18-14(19)10-7-21-12(17-10)13-16-9-3-2-8(6-11(9)22-13)15-4-1-5-20/h2-3,6,10,15,20H,1,4-5,7H2,(H,18,19)/t10-/m1/s1. The zero-order valence-electron chi connectivity index (χ0n) is 11.7. The molecule has 2 aromatic rings. The minimum atomic E-state index is -0.876. The highest BCUT2D eigenvalue weighted by molar-refractivity contribution is 8.15. The van der Waals surface area contributed by atoms with Crippen LogP contribution in [0.1, 0.15) is 11.4 Å². The Morgan fingerprint density at radius 2 is 2.36 bits per heavy atom. The molecule has 0 saturated carbocycles. The molecule has 8 heteroatoms. The lowest BCUT2D eigenvalue weighted by Crippen LogP contribution is -2.17. The normalized spacial score (nSPS) is 17.7. The second kappa shape index (κ2) is 6.89. The van der Waals surface area contributed by atoms with Gasteiger partial charge in [0, 0.05) is 18.0 Å². The summed E-state index contributed by atoms with van der Waals surface area (Å²) >= 11 is 7.21. The van der Waals surface area contributed by atoms with E-state index in [2.05, 4.69) is 34.0 Å². The Hall–Kier alpha value is -1.25. The van der Waals surface area contributed by atoms with Crippen LogP contribution in [0.15, 0.2) is 23.2 Å². The van der Waals surface area contributed by atoms with Crippen LogP contribution < -0.4 is 5.32 Å². The topological polar surface area (TPSA) is 74.6 Å². The van der Waals surface area contributed by atoms with Gasteiger partial charge in [0.2, 0.25) is 0 Å². The van der Waals surface area contributed by atoms with Gasteiger partial charge in [-0.3, -0.25) is 4.99 Å². The first-order chi connectivity index (χ1) is 10.7. The first-order valence-corrected chi connectivity index (χ1v) is 9.30. The Balaban J connectivity index is 1.81. The molecule has 3 rings (SSSR count). The van der Waals surface area contributed by atoms with Gasteiger partial charge in [-0.2, -0.15) is 12.6 Å². The number of carbonyl (C=O) groups is 1. The number of rotatable bonds is 6. The van der Waals surface area contributed by atoms with Crippen LogP contribution in [0, 0.1) is 0 Å². The van der Waals surface area contributed by atoms with E-state index in [0.717, 1.165) is 44.7 Å². The molecule has 0 fully saturated rings. The Kier molecular flexibility index (Phi) is 4.90. The van der Waals surface area contributed by atoms with Crippen LogP contribution in [0.4, 0.5) is 5.69 Å². The minimum Gasteiger partial charge on any atom is -0.480 e. The Morgan fingerprint density at radius 3 is 3.09 bits per heavy atom. The van der Waals surface area contributed by atoms with Crippen molar-refractivity contribution in [1.82, 2.24) is 4.98 Å². The zero-order chi connectivity index (χ0) is 15.5. The number of nitrogens with one attached hydrogen (secondary N) is 1. The Morgan fingerprint density at radius 1 is 1.50 bits per heavy atom. The second-order valence-electron chi connectivity index (χ2n) is 4.80. The summed E-state index contributed by atoms with van der Waals surface area (Å²) in [5.41, 5.74) is 1.98. The number of carboxylic acid groups (broad SMARTS) is 1. The number of anilines is 1. The van der Waals surface area contributed by atoms with Gasteiger partial charge in [0.05, 0.1) is 10.2 Å². The van der Waals surface area contributed by atoms with Crippen molar-refractivity contribution in [2.24, 2.45) is 4.99 Å². The van der Waals surface area contributed by atoms with E-state index in [0.29, 0.717) is 5.75 Å². The third-order valence-electron chi connectivity index (χ3n) is 3.17. The molecule has 0 aliphatic carbocycles. The van der Waals surface area contributed by atoms with Crippen LogP contribution in [0.2, 0.25) is 0 Å². The summed E-state index contributed by atoms with van der Waals surface area (Å²) in [5, 5.41) is 13.9. The monoisotopic (exact) mass is 353 g/mol. The summed E-state index contributed by atoms with van der Waals surface area (Å²) < 4.78 is 1.08. The number of thiazole rings is 1. The van der Waals surface area contributed by atoms with Crippen molar-refractivity contribution in [3.05, 3.63) is 23.2 Å². The smallest absolute Gasteiger partial charge is 0.329 e. The molecule has 2 N–H and O–H groups in total. The maximum atomic E-state index is 11.0. The minimum absolute atomic E-state index is 0.483. The summed E-state index contributed by atoms with van der Waals surface area (Å²) in [7, 11) is 0. The predicted octanol–water partition coefficient (Wildman–Crippen LogP) is 2.97. The van der Waals surface area contributed by atoms with Gasteiger partial charge in [-0.05, 0) is 30.4 Å².